The molecule has 0 aliphatic carbocycles. The molecule has 2 aromatic carbocycles. The minimum Gasteiger partial charge on any atom is -0.456 e. The molecule has 7 aromatic rings. The molecule has 1 atom stereocenters. The minimum atomic E-state index is -0.343. The molecule has 0 spiro atoms. The van der Waals surface area contributed by atoms with Crippen LogP contribution in [-0.2, 0) is 19.0 Å². The standard InChI is InChI=1S/C40H40N7O/c1-6-9-13-26-16-17-27-29-21-30-28(22-36(29)48-35(27)20-26)34-24-42-31-14-12-18-41-38(31)46(34)37(30)33-23-40(7-2,8-3)47-39(44(5)25(4)43-47)32-15-10-11-19-45(32)33/h10-12,14-24,37H,6-9,13H2,1-5H3/q+3. The van der Waals surface area contributed by atoms with Crippen molar-refractivity contribution in [1.29, 1.82) is 0 Å². The number of pyridine rings is 2. The summed E-state index contributed by atoms with van der Waals surface area (Å²) in [4.78, 5) is 9.86. The van der Waals surface area contributed by atoms with Gasteiger partial charge in [-0.15, -0.1) is 0 Å². The van der Waals surface area contributed by atoms with Crippen molar-refractivity contribution < 1.29 is 18.1 Å². The van der Waals surface area contributed by atoms with Crippen molar-refractivity contribution in [2.24, 2.45) is 7.05 Å². The smallest absolute Gasteiger partial charge is 0.350 e. The number of rotatable bonds is 6. The first-order valence-electron chi connectivity index (χ1n) is 17.3. The molecule has 0 bridgehead atoms. The molecule has 0 radical (unpaired) electrons. The highest BCUT2D eigenvalue weighted by Crippen LogP contribution is 2.45. The Morgan fingerprint density at radius 3 is 2.60 bits per heavy atom. The number of hydrogen-bond acceptors (Lipinski definition) is 4. The fraction of sp³-hybridized carbons (Fsp3) is 0.300. The van der Waals surface area contributed by atoms with Gasteiger partial charge in [0.05, 0.1) is 13.2 Å². The Morgan fingerprint density at radius 1 is 0.917 bits per heavy atom. The van der Waals surface area contributed by atoms with Gasteiger partial charge < -0.3 is 4.42 Å². The average Bonchev–Trinajstić information content (AvgIpc) is 3.72. The van der Waals surface area contributed by atoms with Gasteiger partial charge in [0, 0.05) is 52.1 Å². The van der Waals surface area contributed by atoms with E-state index in [1.165, 1.54) is 29.7 Å². The third-order valence-electron chi connectivity index (χ3n) is 10.9. The van der Waals surface area contributed by atoms with Crippen LogP contribution in [0.5, 0.6) is 0 Å². The van der Waals surface area contributed by atoms with Crippen LogP contribution in [0.4, 0.5) is 0 Å². The molecule has 0 fully saturated rings. The molecule has 8 heteroatoms. The van der Waals surface area contributed by atoms with Crippen molar-refractivity contribution in [3.8, 4) is 22.8 Å². The van der Waals surface area contributed by atoms with Gasteiger partial charge in [-0.3, -0.25) is 0 Å². The van der Waals surface area contributed by atoms with Crippen LogP contribution in [-0.4, -0.2) is 19.7 Å². The predicted octanol–water partition coefficient (Wildman–Crippen LogP) is 7.08. The fourth-order valence-corrected chi connectivity index (χ4v) is 8.11. The van der Waals surface area contributed by atoms with Crippen LogP contribution in [0.25, 0.3) is 61.6 Å². The monoisotopic (exact) mass is 634 g/mol. The second kappa shape index (κ2) is 10.6. The first-order valence-corrected chi connectivity index (χ1v) is 17.3. The summed E-state index contributed by atoms with van der Waals surface area (Å²) >= 11 is 0. The maximum atomic E-state index is 6.60. The first-order chi connectivity index (χ1) is 23.5. The third-order valence-corrected chi connectivity index (χ3v) is 10.9. The van der Waals surface area contributed by atoms with E-state index < -0.39 is 0 Å². The molecule has 0 saturated carbocycles. The van der Waals surface area contributed by atoms with E-state index in [4.69, 9.17) is 19.5 Å². The molecule has 2 aliphatic rings. The Morgan fingerprint density at radius 2 is 1.77 bits per heavy atom. The van der Waals surface area contributed by atoms with Gasteiger partial charge in [-0.2, -0.15) is 4.57 Å². The highest BCUT2D eigenvalue weighted by atomic mass is 16.3. The van der Waals surface area contributed by atoms with E-state index in [-0.39, 0.29) is 11.6 Å². The van der Waals surface area contributed by atoms with E-state index in [0.717, 1.165) is 81.0 Å². The minimum absolute atomic E-state index is 0.173. The lowest BCUT2D eigenvalue weighted by Crippen LogP contribution is -2.49. The van der Waals surface area contributed by atoms with Gasteiger partial charge in [0.25, 0.3) is 11.5 Å². The van der Waals surface area contributed by atoms with Gasteiger partial charge in [-0.25, -0.2) is 14.1 Å². The molecule has 0 saturated heterocycles. The Kier molecular flexibility index (Phi) is 6.41. The molecule has 2 aliphatic heterocycles. The Bertz CT molecular complexity index is 2460. The number of fused-ring (bicyclic) bond motifs is 11. The van der Waals surface area contributed by atoms with Crippen LogP contribution in [0.3, 0.4) is 0 Å². The van der Waals surface area contributed by atoms with Gasteiger partial charge in [-0.1, -0.05) is 44.0 Å². The van der Waals surface area contributed by atoms with Crippen LogP contribution in [0.2, 0.25) is 0 Å². The zero-order valence-corrected chi connectivity index (χ0v) is 28.2. The zero-order chi connectivity index (χ0) is 32.7. The van der Waals surface area contributed by atoms with Crippen molar-refractivity contribution in [2.75, 3.05) is 0 Å². The molecule has 0 amide bonds. The van der Waals surface area contributed by atoms with Gasteiger partial charge in [-0.05, 0) is 72.6 Å². The van der Waals surface area contributed by atoms with Crippen molar-refractivity contribution in [3.05, 3.63) is 102 Å². The second-order valence-corrected chi connectivity index (χ2v) is 13.4. The van der Waals surface area contributed by atoms with Gasteiger partial charge in [0.2, 0.25) is 11.7 Å². The first kappa shape index (κ1) is 28.9. The number of nitrogens with zero attached hydrogens (tertiary/aromatic N) is 7. The lowest BCUT2D eigenvalue weighted by molar-refractivity contribution is -0.697. The van der Waals surface area contributed by atoms with E-state index >= 15 is 0 Å². The normalized spacial score (nSPS) is 16.1. The van der Waals surface area contributed by atoms with Crippen LogP contribution in [0, 0.1) is 6.92 Å². The number of aryl methyl sites for hydroxylation is 2. The third kappa shape index (κ3) is 3.95. The molecule has 0 N–H and O–H groups in total. The number of benzene rings is 2. The number of aromatic nitrogens is 7. The van der Waals surface area contributed by atoms with Gasteiger partial charge in [0.15, 0.2) is 17.4 Å². The fourth-order valence-electron chi connectivity index (χ4n) is 8.11. The molecule has 8 nitrogen and oxygen atoms in total. The molecule has 48 heavy (non-hydrogen) atoms. The van der Waals surface area contributed by atoms with E-state index in [1.807, 2.05) is 18.5 Å². The molecular formula is C40H40N7O+3. The van der Waals surface area contributed by atoms with Gasteiger partial charge >= 0.3 is 11.5 Å². The maximum Gasteiger partial charge on any atom is 0.350 e. The molecule has 5 aromatic heterocycles. The lowest BCUT2D eigenvalue weighted by atomic mass is 9.89. The Hall–Kier alpha value is -5.24. The van der Waals surface area contributed by atoms with Crippen LogP contribution in [0.1, 0.15) is 69.4 Å². The number of furan rings is 1. The van der Waals surface area contributed by atoms with E-state index in [9.17, 15) is 0 Å². The van der Waals surface area contributed by atoms with Crippen molar-refractivity contribution >= 4 is 38.8 Å². The highest BCUT2D eigenvalue weighted by molar-refractivity contribution is 6.07. The molecule has 1 unspecified atom stereocenters. The summed E-state index contributed by atoms with van der Waals surface area (Å²) < 4.78 is 15.9. The summed E-state index contributed by atoms with van der Waals surface area (Å²) in [6, 6.07) is 21.7. The largest absolute Gasteiger partial charge is 0.456 e. The molecule has 7 heterocycles. The van der Waals surface area contributed by atoms with Crippen LogP contribution < -0.4 is 13.7 Å². The quantitative estimate of drug-likeness (QED) is 0.183. The van der Waals surface area contributed by atoms with E-state index in [2.05, 4.69) is 120 Å². The van der Waals surface area contributed by atoms with E-state index in [1.54, 1.807) is 0 Å². The number of allylic oxidation sites excluding steroid dienone is 2. The SMILES string of the molecule is CCCCc1ccc2c(c1)oc1cc3c(cc12)C(C1=CC(CC)(CC)n2nc(C)[n+](C)c2-c2cccc[n+]21)[n+]1c-3cnc2cccnc21. The summed E-state index contributed by atoms with van der Waals surface area (Å²) in [5.41, 5.74) is 10.2. The maximum absolute atomic E-state index is 6.60. The summed E-state index contributed by atoms with van der Waals surface area (Å²) in [6.07, 6.45) is 13.8. The van der Waals surface area contributed by atoms with Crippen molar-refractivity contribution in [3.63, 3.8) is 0 Å². The van der Waals surface area contributed by atoms with Crippen molar-refractivity contribution in [2.45, 2.75) is 71.4 Å². The summed E-state index contributed by atoms with van der Waals surface area (Å²) in [5.74, 6) is 2.09. The summed E-state index contributed by atoms with van der Waals surface area (Å²) in [6.45, 7) is 8.88. The molecule has 238 valence electrons. The molecular weight excluding hydrogens is 594 g/mol. The second-order valence-electron chi connectivity index (χ2n) is 13.4. The summed E-state index contributed by atoms with van der Waals surface area (Å²) in [5, 5.41) is 7.46. The average molecular weight is 635 g/mol. The van der Waals surface area contributed by atoms with Crippen LogP contribution >= 0.6 is 0 Å². The summed E-state index contributed by atoms with van der Waals surface area (Å²) in [7, 11) is 2.12. The predicted molar refractivity (Wildman–Crippen MR) is 186 cm³/mol. The number of unbranched alkanes of at least 4 members (excludes halogenated alkanes) is 1. The number of hydrogen-bond donors (Lipinski definition) is 0. The van der Waals surface area contributed by atoms with Gasteiger partial charge in [0.1, 0.15) is 22.9 Å². The zero-order valence-electron chi connectivity index (χ0n) is 28.2. The topological polar surface area (TPSA) is 68.4 Å². The van der Waals surface area contributed by atoms with Crippen molar-refractivity contribution in [1.82, 2.24) is 19.7 Å². The Labute approximate surface area is 279 Å². The Balaban J connectivity index is 1.37. The highest BCUT2D eigenvalue weighted by Gasteiger charge is 2.51. The molecule has 9 rings (SSSR count). The lowest BCUT2D eigenvalue weighted by Gasteiger charge is -2.22. The van der Waals surface area contributed by atoms with Crippen LogP contribution in [0.15, 0.2) is 89.7 Å². The van der Waals surface area contributed by atoms with E-state index in [0.29, 0.717) is 0 Å².